The number of aryl methyl sites for hydroxylation is 1. The summed E-state index contributed by atoms with van der Waals surface area (Å²) in [5.41, 5.74) is 5.27. The molecule has 1 aliphatic heterocycles. The third-order valence-corrected chi connectivity index (χ3v) is 6.27. The molecule has 0 bridgehead atoms. The molecule has 2 aliphatic rings. The number of hydrogen-bond donors (Lipinski definition) is 0. The van der Waals surface area contributed by atoms with E-state index in [4.69, 9.17) is 23.2 Å². The fraction of sp³-hybridized carbons (Fsp3) is 0.429. The van der Waals surface area contributed by atoms with Crippen molar-refractivity contribution in [1.82, 2.24) is 4.90 Å². The Morgan fingerprint density at radius 3 is 2.62 bits per heavy atom. The molecule has 0 radical (unpaired) electrons. The smallest absolute Gasteiger partial charge is 0.0499 e. The normalized spacial score (nSPS) is 24.1. The van der Waals surface area contributed by atoms with Gasteiger partial charge in [0.25, 0.3) is 0 Å². The van der Waals surface area contributed by atoms with Crippen molar-refractivity contribution >= 4 is 23.2 Å². The minimum atomic E-state index is 0.685. The summed E-state index contributed by atoms with van der Waals surface area (Å²) in [6.07, 6.45) is 6.35. The minimum Gasteiger partial charge on any atom is -0.297 e. The molecular formula is C21H23Cl2N. The minimum absolute atomic E-state index is 0.685. The SMILES string of the molecule is CC1CCCN1C1CCc2cc(-c3ccc(Cl)cc3Cl)ccc2C1. The van der Waals surface area contributed by atoms with Crippen LogP contribution in [0, 0.1) is 0 Å². The molecule has 0 N–H and O–H groups in total. The average molecular weight is 360 g/mol. The summed E-state index contributed by atoms with van der Waals surface area (Å²) in [5, 5.41) is 1.41. The van der Waals surface area contributed by atoms with Crippen LogP contribution in [0.3, 0.4) is 0 Å². The highest BCUT2D eigenvalue weighted by molar-refractivity contribution is 6.36. The lowest BCUT2D eigenvalue weighted by molar-refractivity contribution is 0.174. The van der Waals surface area contributed by atoms with Crippen molar-refractivity contribution in [3.63, 3.8) is 0 Å². The van der Waals surface area contributed by atoms with Crippen molar-refractivity contribution in [2.24, 2.45) is 0 Å². The molecule has 0 amide bonds. The van der Waals surface area contributed by atoms with Crippen molar-refractivity contribution < 1.29 is 0 Å². The zero-order valence-electron chi connectivity index (χ0n) is 14.1. The molecular weight excluding hydrogens is 337 g/mol. The standard InChI is InChI=1S/C21H23Cl2N/c1-14-3-2-10-24(14)19-8-6-15-11-17(5-4-16(15)12-19)20-9-7-18(22)13-21(20)23/h4-5,7,9,11,13-14,19H,2-3,6,8,10,12H2,1H3. The zero-order valence-corrected chi connectivity index (χ0v) is 15.6. The molecule has 1 heterocycles. The number of fused-ring (bicyclic) bond motifs is 1. The van der Waals surface area contributed by atoms with Crippen molar-refractivity contribution in [1.29, 1.82) is 0 Å². The van der Waals surface area contributed by atoms with Crippen LogP contribution in [-0.2, 0) is 12.8 Å². The van der Waals surface area contributed by atoms with Gasteiger partial charge >= 0.3 is 0 Å². The maximum Gasteiger partial charge on any atom is 0.0499 e. The number of halogens is 2. The number of benzene rings is 2. The molecule has 1 aliphatic carbocycles. The third-order valence-electron chi connectivity index (χ3n) is 5.72. The maximum atomic E-state index is 6.38. The van der Waals surface area contributed by atoms with Crippen molar-refractivity contribution in [2.75, 3.05) is 6.54 Å². The fourth-order valence-corrected chi connectivity index (χ4v) is 4.93. The van der Waals surface area contributed by atoms with Gasteiger partial charge in [-0.25, -0.2) is 0 Å². The van der Waals surface area contributed by atoms with E-state index in [1.807, 2.05) is 18.2 Å². The fourth-order valence-electron chi connectivity index (χ4n) is 4.41. The topological polar surface area (TPSA) is 3.24 Å². The van der Waals surface area contributed by atoms with Crippen molar-refractivity contribution in [2.45, 2.75) is 51.1 Å². The van der Waals surface area contributed by atoms with E-state index < -0.39 is 0 Å². The Balaban J connectivity index is 1.59. The molecule has 24 heavy (non-hydrogen) atoms. The van der Waals surface area contributed by atoms with E-state index in [1.165, 1.54) is 55.3 Å². The second kappa shape index (κ2) is 6.71. The monoisotopic (exact) mass is 359 g/mol. The predicted octanol–water partition coefficient (Wildman–Crippen LogP) is 6.00. The van der Waals surface area contributed by atoms with Crippen molar-refractivity contribution in [3.05, 3.63) is 57.6 Å². The van der Waals surface area contributed by atoms with Crippen LogP contribution in [0.2, 0.25) is 10.0 Å². The Kier molecular flexibility index (Phi) is 4.60. The number of likely N-dealkylation sites (tertiary alicyclic amines) is 1. The summed E-state index contributed by atoms with van der Waals surface area (Å²) in [6, 6.07) is 14.1. The quantitative estimate of drug-likeness (QED) is 0.635. The highest BCUT2D eigenvalue weighted by Crippen LogP contribution is 2.35. The van der Waals surface area contributed by atoms with Gasteiger partial charge in [0.15, 0.2) is 0 Å². The van der Waals surface area contributed by atoms with Crippen LogP contribution < -0.4 is 0 Å². The molecule has 4 rings (SSSR count). The lowest BCUT2D eigenvalue weighted by Gasteiger charge is -2.35. The van der Waals surface area contributed by atoms with Gasteiger partial charge in [0.2, 0.25) is 0 Å². The number of nitrogens with zero attached hydrogens (tertiary/aromatic N) is 1. The van der Waals surface area contributed by atoms with Crippen molar-refractivity contribution in [3.8, 4) is 11.1 Å². The van der Waals surface area contributed by atoms with E-state index in [-0.39, 0.29) is 0 Å². The first-order valence-electron chi connectivity index (χ1n) is 8.95. The van der Waals surface area contributed by atoms with Crippen LogP contribution in [0.5, 0.6) is 0 Å². The zero-order chi connectivity index (χ0) is 16.7. The molecule has 0 saturated carbocycles. The molecule has 1 nitrogen and oxygen atoms in total. The van der Waals surface area contributed by atoms with Crippen LogP contribution in [0.4, 0.5) is 0 Å². The molecule has 3 heteroatoms. The first-order valence-corrected chi connectivity index (χ1v) is 9.70. The van der Waals surface area contributed by atoms with E-state index in [9.17, 15) is 0 Å². The van der Waals surface area contributed by atoms with Crippen LogP contribution >= 0.6 is 23.2 Å². The highest BCUT2D eigenvalue weighted by atomic mass is 35.5. The highest BCUT2D eigenvalue weighted by Gasteiger charge is 2.30. The van der Waals surface area contributed by atoms with E-state index >= 15 is 0 Å². The first-order chi connectivity index (χ1) is 11.6. The second-order valence-electron chi connectivity index (χ2n) is 7.23. The van der Waals surface area contributed by atoms with Gasteiger partial charge in [-0.1, -0.05) is 47.5 Å². The van der Waals surface area contributed by atoms with Gasteiger partial charge in [0, 0.05) is 27.7 Å². The van der Waals surface area contributed by atoms with E-state index in [2.05, 4.69) is 30.0 Å². The lowest BCUT2D eigenvalue weighted by atomic mass is 9.85. The molecule has 2 atom stereocenters. The number of rotatable bonds is 2. The molecule has 0 aromatic heterocycles. The summed E-state index contributed by atoms with van der Waals surface area (Å²) >= 11 is 12.4. The molecule has 2 unspecified atom stereocenters. The van der Waals surface area contributed by atoms with Gasteiger partial charge < -0.3 is 0 Å². The van der Waals surface area contributed by atoms with E-state index in [1.54, 1.807) is 0 Å². The molecule has 1 saturated heterocycles. The van der Waals surface area contributed by atoms with Crippen LogP contribution in [0.25, 0.3) is 11.1 Å². The van der Waals surface area contributed by atoms with Crippen LogP contribution in [0.15, 0.2) is 36.4 Å². The Morgan fingerprint density at radius 2 is 1.88 bits per heavy atom. The Hall–Kier alpha value is -1.02. The van der Waals surface area contributed by atoms with Gasteiger partial charge in [-0.2, -0.15) is 0 Å². The summed E-state index contributed by atoms with van der Waals surface area (Å²) in [6.45, 7) is 3.66. The molecule has 2 aromatic rings. The largest absolute Gasteiger partial charge is 0.297 e. The van der Waals surface area contributed by atoms with E-state index in [0.717, 1.165) is 22.7 Å². The Morgan fingerprint density at radius 1 is 1.00 bits per heavy atom. The lowest BCUT2D eigenvalue weighted by Crippen LogP contribution is -2.41. The average Bonchev–Trinajstić information content (AvgIpc) is 3.00. The predicted molar refractivity (Wildman–Crippen MR) is 103 cm³/mol. The van der Waals surface area contributed by atoms with Crippen LogP contribution in [-0.4, -0.2) is 23.5 Å². The molecule has 126 valence electrons. The van der Waals surface area contributed by atoms with Gasteiger partial charge in [0.1, 0.15) is 0 Å². The molecule has 0 spiro atoms. The van der Waals surface area contributed by atoms with Gasteiger partial charge in [-0.3, -0.25) is 4.90 Å². The van der Waals surface area contributed by atoms with Gasteiger partial charge in [-0.15, -0.1) is 0 Å². The second-order valence-corrected chi connectivity index (χ2v) is 8.08. The van der Waals surface area contributed by atoms with Crippen LogP contribution in [0.1, 0.15) is 37.3 Å². The summed E-state index contributed by atoms with van der Waals surface area (Å²) < 4.78 is 0. The Labute approximate surface area is 154 Å². The molecule has 1 fully saturated rings. The summed E-state index contributed by atoms with van der Waals surface area (Å²) in [7, 11) is 0. The summed E-state index contributed by atoms with van der Waals surface area (Å²) in [4.78, 5) is 2.73. The summed E-state index contributed by atoms with van der Waals surface area (Å²) in [5.74, 6) is 0. The first kappa shape index (κ1) is 16.4. The van der Waals surface area contributed by atoms with E-state index in [0.29, 0.717) is 5.02 Å². The maximum absolute atomic E-state index is 6.38. The van der Waals surface area contributed by atoms with Gasteiger partial charge in [-0.05, 0) is 74.4 Å². The number of hydrogen-bond acceptors (Lipinski definition) is 1. The Bertz CT molecular complexity index is 755. The van der Waals surface area contributed by atoms with Gasteiger partial charge in [0.05, 0.1) is 0 Å². The molecule has 2 aromatic carbocycles. The third kappa shape index (κ3) is 3.10.